The van der Waals surface area contributed by atoms with E-state index in [1.807, 2.05) is 50.2 Å². The minimum absolute atomic E-state index is 0.169. The summed E-state index contributed by atoms with van der Waals surface area (Å²) in [6.45, 7) is 6.17. The topological polar surface area (TPSA) is 111 Å². The van der Waals surface area contributed by atoms with Crippen LogP contribution < -0.4 is 25.2 Å². The molecule has 0 aliphatic carbocycles. The van der Waals surface area contributed by atoms with Gasteiger partial charge in [-0.3, -0.25) is 19.3 Å². The van der Waals surface area contributed by atoms with Gasteiger partial charge in [0.05, 0.1) is 12.2 Å². The highest BCUT2D eigenvalue weighted by atomic mass is 16.5. The Morgan fingerprint density at radius 3 is 2.26 bits per heavy atom. The van der Waals surface area contributed by atoms with Crippen LogP contribution in [-0.2, 0) is 14.4 Å². The van der Waals surface area contributed by atoms with Crippen molar-refractivity contribution in [3.63, 3.8) is 0 Å². The lowest BCUT2D eigenvalue weighted by Crippen LogP contribution is -2.46. The molecule has 3 aromatic rings. The molecule has 0 atom stereocenters. The van der Waals surface area contributed by atoms with E-state index in [2.05, 4.69) is 17.6 Å². The van der Waals surface area contributed by atoms with Crippen LogP contribution in [0.2, 0.25) is 0 Å². The van der Waals surface area contributed by atoms with Crippen LogP contribution in [0.5, 0.6) is 5.75 Å². The number of amides is 5. The van der Waals surface area contributed by atoms with E-state index < -0.39 is 11.9 Å². The minimum atomic E-state index is -0.562. The van der Waals surface area contributed by atoms with Crippen LogP contribution in [-0.4, -0.2) is 68.5 Å². The molecule has 0 saturated heterocycles. The van der Waals surface area contributed by atoms with Crippen LogP contribution in [0.4, 0.5) is 21.9 Å². The number of aryl methyl sites for hydroxylation is 1. The first-order chi connectivity index (χ1) is 20.7. The van der Waals surface area contributed by atoms with E-state index in [1.165, 1.54) is 9.80 Å². The number of carbonyl (C=O) groups is 4. The van der Waals surface area contributed by atoms with E-state index in [-0.39, 0.29) is 37.3 Å². The number of benzene rings is 3. The molecule has 3 aromatic carbocycles. The molecule has 43 heavy (non-hydrogen) atoms. The Balaban J connectivity index is 1.80. The number of hydrogen-bond acceptors (Lipinski definition) is 5. The highest BCUT2D eigenvalue weighted by Crippen LogP contribution is 2.29. The Morgan fingerprint density at radius 1 is 0.837 bits per heavy atom. The lowest BCUT2D eigenvalue weighted by Gasteiger charge is -2.27. The number of ether oxygens (including phenoxy) is 1. The standard InChI is InChI=1S/C33H41N5O5/c1-5-7-20-37(6-2)32(41)24-43-29-19-12-11-18-28(29)38(23-31(40)36(4)27-16-9-8-10-17-27)30(39)22-34-33(42)35-26-15-13-14-25(3)21-26/h8-19,21H,5-7,20,22-24H2,1-4H3,(H2,34,35,42). The number of likely N-dealkylation sites (N-methyl/N-ethyl adjacent to an activating group) is 2. The lowest BCUT2D eigenvalue weighted by molar-refractivity contribution is -0.133. The first kappa shape index (κ1) is 32.7. The Hall–Kier alpha value is -4.86. The number of nitrogens with zero attached hydrogens (tertiary/aromatic N) is 3. The highest BCUT2D eigenvalue weighted by Gasteiger charge is 2.25. The van der Waals surface area contributed by atoms with Crippen LogP contribution in [0.3, 0.4) is 0 Å². The second-order valence-corrected chi connectivity index (χ2v) is 10.0. The summed E-state index contributed by atoms with van der Waals surface area (Å²) in [5, 5.41) is 5.29. The summed E-state index contributed by atoms with van der Waals surface area (Å²) in [6, 6.07) is 22.5. The summed E-state index contributed by atoms with van der Waals surface area (Å²) in [5.41, 5.74) is 2.54. The number of carbonyl (C=O) groups excluding carboxylic acids is 4. The zero-order valence-corrected chi connectivity index (χ0v) is 25.3. The van der Waals surface area contributed by atoms with Gasteiger partial charge in [0, 0.05) is 31.5 Å². The van der Waals surface area contributed by atoms with Crippen LogP contribution in [0.15, 0.2) is 78.9 Å². The number of anilines is 3. The molecule has 3 rings (SSSR count). The predicted molar refractivity (Wildman–Crippen MR) is 170 cm³/mol. The van der Waals surface area contributed by atoms with Gasteiger partial charge >= 0.3 is 6.03 Å². The number of rotatable bonds is 14. The summed E-state index contributed by atoms with van der Waals surface area (Å²) in [6.07, 6.45) is 1.85. The fourth-order valence-corrected chi connectivity index (χ4v) is 4.34. The van der Waals surface area contributed by atoms with Gasteiger partial charge in [-0.2, -0.15) is 0 Å². The molecule has 0 aromatic heterocycles. The fraction of sp³-hybridized carbons (Fsp3) is 0.333. The molecular weight excluding hydrogens is 546 g/mol. The molecule has 2 N–H and O–H groups in total. The zero-order valence-electron chi connectivity index (χ0n) is 25.3. The van der Waals surface area contributed by atoms with Gasteiger partial charge in [0.2, 0.25) is 11.8 Å². The molecule has 0 radical (unpaired) electrons. The van der Waals surface area contributed by atoms with Crippen molar-refractivity contribution in [3.8, 4) is 5.75 Å². The molecule has 0 aliphatic rings. The lowest BCUT2D eigenvalue weighted by atomic mass is 10.2. The van der Waals surface area contributed by atoms with Crippen molar-refractivity contribution in [1.29, 1.82) is 0 Å². The van der Waals surface area contributed by atoms with Crippen molar-refractivity contribution in [3.05, 3.63) is 84.4 Å². The van der Waals surface area contributed by atoms with Gasteiger partial charge in [-0.05, 0) is 62.2 Å². The van der Waals surface area contributed by atoms with Gasteiger partial charge in [0.15, 0.2) is 6.61 Å². The number of hydrogen-bond donors (Lipinski definition) is 2. The van der Waals surface area contributed by atoms with Crippen molar-refractivity contribution >= 4 is 40.8 Å². The molecule has 5 amide bonds. The van der Waals surface area contributed by atoms with Crippen LogP contribution >= 0.6 is 0 Å². The van der Waals surface area contributed by atoms with E-state index in [1.54, 1.807) is 54.4 Å². The van der Waals surface area contributed by atoms with Crippen LogP contribution in [0.25, 0.3) is 0 Å². The molecule has 0 spiro atoms. The molecule has 10 heteroatoms. The molecule has 0 fully saturated rings. The number of nitrogens with one attached hydrogen (secondary N) is 2. The monoisotopic (exact) mass is 587 g/mol. The SMILES string of the molecule is CCCCN(CC)C(=O)COc1ccccc1N(CC(=O)N(C)c1ccccc1)C(=O)CNC(=O)Nc1cccc(C)c1. The van der Waals surface area contributed by atoms with Crippen molar-refractivity contribution in [2.45, 2.75) is 33.6 Å². The van der Waals surface area contributed by atoms with Gasteiger partial charge in [0.25, 0.3) is 5.91 Å². The number of para-hydroxylation sites is 3. The van der Waals surface area contributed by atoms with Crippen LogP contribution in [0.1, 0.15) is 32.3 Å². The van der Waals surface area contributed by atoms with Crippen molar-refractivity contribution in [2.24, 2.45) is 0 Å². The van der Waals surface area contributed by atoms with E-state index in [4.69, 9.17) is 4.74 Å². The smallest absolute Gasteiger partial charge is 0.319 e. The summed E-state index contributed by atoms with van der Waals surface area (Å²) in [4.78, 5) is 56.8. The average Bonchev–Trinajstić information content (AvgIpc) is 3.02. The number of urea groups is 1. The summed E-state index contributed by atoms with van der Waals surface area (Å²) in [5.74, 6) is -0.783. The molecule has 0 unspecified atom stereocenters. The third-order valence-corrected chi connectivity index (χ3v) is 6.81. The van der Waals surface area contributed by atoms with Crippen LogP contribution in [0, 0.1) is 6.92 Å². The van der Waals surface area contributed by atoms with Gasteiger partial charge in [-0.25, -0.2) is 4.79 Å². The Morgan fingerprint density at radius 2 is 1.56 bits per heavy atom. The molecule has 0 aliphatic heterocycles. The maximum absolute atomic E-state index is 13.6. The molecule has 10 nitrogen and oxygen atoms in total. The third kappa shape index (κ3) is 9.88. The molecule has 0 heterocycles. The fourth-order valence-electron chi connectivity index (χ4n) is 4.34. The average molecular weight is 588 g/mol. The molecule has 228 valence electrons. The van der Waals surface area contributed by atoms with Gasteiger partial charge in [0.1, 0.15) is 12.3 Å². The first-order valence-corrected chi connectivity index (χ1v) is 14.5. The predicted octanol–water partition coefficient (Wildman–Crippen LogP) is 4.84. The van der Waals surface area contributed by atoms with E-state index in [0.717, 1.165) is 18.4 Å². The maximum Gasteiger partial charge on any atom is 0.319 e. The normalized spacial score (nSPS) is 10.4. The Labute approximate surface area is 253 Å². The number of unbranched alkanes of at least 4 members (excludes halogenated alkanes) is 1. The van der Waals surface area contributed by atoms with Gasteiger partial charge in [-0.1, -0.05) is 55.8 Å². The zero-order chi connectivity index (χ0) is 31.2. The second-order valence-electron chi connectivity index (χ2n) is 10.0. The third-order valence-electron chi connectivity index (χ3n) is 6.81. The van der Waals surface area contributed by atoms with E-state index >= 15 is 0 Å². The summed E-state index contributed by atoms with van der Waals surface area (Å²) in [7, 11) is 1.63. The van der Waals surface area contributed by atoms with E-state index in [9.17, 15) is 19.2 Å². The van der Waals surface area contributed by atoms with Gasteiger partial charge < -0.3 is 25.2 Å². The van der Waals surface area contributed by atoms with Crippen molar-refractivity contribution < 1.29 is 23.9 Å². The molecule has 0 bridgehead atoms. The van der Waals surface area contributed by atoms with Gasteiger partial charge in [-0.15, -0.1) is 0 Å². The first-order valence-electron chi connectivity index (χ1n) is 14.5. The molecule has 0 saturated carbocycles. The maximum atomic E-state index is 13.6. The highest BCUT2D eigenvalue weighted by molar-refractivity contribution is 6.06. The largest absolute Gasteiger partial charge is 0.482 e. The quantitative estimate of drug-likeness (QED) is 0.280. The minimum Gasteiger partial charge on any atom is -0.482 e. The Kier molecular flexibility index (Phi) is 12.6. The van der Waals surface area contributed by atoms with Crippen molar-refractivity contribution in [2.75, 3.05) is 55.0 Å². The van der Waals surface area contributed by atoms with E-state index in [0.29, 0.717) is 30.2 Å². The Bertz CT molecular complexity index is 1380. The molecular formula is C33H41N5O5. The second kappa shape index (κ2) is 16.5. The summed E-state index contributed by atoms with van der Waals surface area (Å²) < 4.78 is 5.93. The summed E-state index contributed by atoms with van der Waals surface area (Å²) >= 11 is 0. The van der Waals surface area contributed by atoms with Crippen molar-refractivity contribution in [1.82, 2.24) is 10.2 Å².